The van der Waals surface area contributed by atoms with Crippen LogP contribution in [0.5, 0.6) is 0 Å². The second kappa shape index (κ2) is 4.99. The lowest BCUT2D eigenvalue weighted by Gasteiger charge is -2.22. The quantitative estimate of drug-likeness (QED) is 0.882. The fourth-order valence-electron chi connectivity index (χ4n) is 1.94. The zero-order valence-corrected chi connectivity index (χ0v) is 12.8. The fourth-order valence-corrected chi connectivity index (χ4v) is 5.79. The average Bonchev–Trinajstić information content (AvgIpc) is 2.84. The van der Waals surface area contributed by atoms with Gasteiger partial charge in [-0.2, -0.15) is 11.8 Å². The fraction of sp³-hybridized carbons (Fsp3) is 0.700. The predicted molar refractivity (Wildman–Crippen MR) is 76.5 cm³/mol. The summed E-state index contributed by atoms with van der Waals surface area (Å²) in [6.45, 7) is 4.21. The van der Waals surface area contributed by atoms with Crippen LogP contribution in [0.4, 0.5) is 5.13 Å². The Bertz CT molecular complexity index is 533. The van der Waals surface area contributed by atoms with Crippen LogP contribution in [0.15, 0.2) is 4.21 Å². The van der Waals surface area contributed by atoms with Crippen LogP contribution in [-0.4, -0.2) is 30.4 Å². The van der Waals surface area contributed by atoms with Gasteiger partial charge in [0.2, 0.25) is 0 Å². The molecule has 0 amide bonds. The molecule has 18 heavy (non-hydrogen) atoms. The number of nitrogens with zero attached hydrogens (tertiary/aromatic N) is 1. The predicted octanol–water partition coefficient (Wildman–Crippen LogP) is 1.60. The van der Waals surface area contributed by atoms with Crippen LogP contribution in [0.3, 0.4) is 0 Å². The van der Waals surface area contributed by atoms with Crippen LogP contribution in [0, 0.1) is 6.92 Å². The van der Waals surface area contributed by atoms with Gasteiger partial charge in [0, 0.05) is 11.3 Å². The molecule has 0 aliphatic carbocycles. The first-order valence-corrected chi connectivity index (χ1v) is 8.97. The van der Waals surface area contributed by atoms with E-state index in [9.17, 15) is 8.42 Å². The van der Waals surface area contributed by atoms with Crippen LogP contribution >= 0.6 is 23.1 Å². The maximum atomic E-state index is 12.2. The van der Waals surface area contributed by atoms with Crippen molar-refractivity contribution in [2.45, 2.75) is 35.6 Å². The van der Waals surface area contributed by atoms with Crippen molar-refractivity contribution in [3.05, 3.63) is 5.69 Å². The number of nitrogens with one attached hydrogen (secondary N) is 1. The summed E-state index contributed by atoms with van der Waals surface area (Å²) in [5.41, 5.74) is 6.00. The number of anilines is 1. The second-order valence-corrected chi connectivity index (χ2v) is 9.33. The first-order valence-electron chi connectivity index (χ1n) is 5.69. The number of hydrogen-bond donors (Lipinski definition) is 2. The van der Waals surface area contributed by atoms with E-state index >= 15 is 0 Å². The first kappa shape index (κ1) is 14.1. The molecule has 1 aromatic rings. The molecule has 5 nitrogen and oxygen atoms in total. The lowest BCUT2D eigenvalue weighted by Crippen LogP contribution is -2.36. The van der Waals surface area contributed by atoms with Gasteiger partial charge in [0.05, 0.1) is 5.69 Å². The normalized spacial score (nSPS) is 24.6. The summed E-state index contributed by atoms with van der Waals surface area (Å²) in [4.78, 5) is 3.95. The lowest BCUT2D eigenvalue weighted by atomic mass is 10.1. The number of nitrogens with two attached hydrogens (primary N) is 1. The third-order valence-electron chi connectivity index (χ3n) is 2.95. The monoisotopic (exact) mass is 307 g/mol. The molecule has 2 heterocycles. The van der Waals surface area contributed by atoms with Crippen LogP contribution in [0.1, 0.15) is 25.5 Å². The van der Waals surface area contributed by atoms with E-state index in [4.69, 9.17) is 5.73 Å². The van der Waals surface area contributed by atoms with E-state index in [1.54, 1.807) is 6.92 Å². The molecule has 0 radical (unpaired) electrons. The number of aryl methyl sites for hydroxylation is 1. The second-order valence-electron chi connectivity index (χ2n) is 4.65. The minimum Gasteiger partial charge on any atom is -0.375 e. The number of hydrogen-bond acceptors (Lipinski definition) is 6. The van der Waals surface area contributed by atoms with Crippen LogP contribution in [0.2, 0.25) is 0 Å². The molecule has 102 valence electrons. The molecule has 1 unspecified atom stereocenters. The molecule has 0 saturated carbocycles. The Morgan fingerprint density at radius 3 is 2.78 bits per heavy atom. The van der Waals surface area contributed by atoms with E-state index in [1.165, 1.54) is 0 Å². The number of thiazole rings is 1. The minimum atomic E-state index is -3.48. The van der Waals surface area contributed by atoms with Crippen molar-refractivity contribution in [1.82, 2.24) is 9.71 Å². The molecule has 3 N–H and O–H groups in total. The van der Waals surface area contributed by atoms with Crippen molar-refractivity contribution in [2.24, 2.45) is 0 Å². The van der Waals surface area contributed by atoms with Crippen LogP contribution in [0.25, 0.3) is 0 Å². The maximum Gasteiger partial charge on any atom is 0.252 e. The molecule has 2 rings (SSSR count). The lowest BCUT2D eigenvalue weighted by molar-refractivity contribution is 0.553. The highest BCUT2D eigenvalue weighted by atomic mass is 32.2. The number of nitrogen functional groups attached to an aromatic ring is 1. The number of sulfonamides is 1. The zero-order chi connectivity index (χ0) is 13.4. The van der Waals surface area contributed by atoms with Crippen LogP contribution in [-0.2, 0) is 10.0 Å². The van der Waals surface area contributed by atoms with Gasteiger partial charge in [0.1, 0.15) is 0 Å². The van der Waals surface area contributed by atoms with Crippen molar-refractivity contribution in [3.8, 4) is 0 Å². The Morgan fingerprint density at radius 2 is 2.28 bits per heavy atom. The van der Waals surface area contributed by atoms with Gasteiger partial charge in [-0.3, -0.25) is 0 Å². The summed E-state index contributed by atoms with van der Waals surface area (Å²) >= 11 is 2.84. The molecule has 1 aliphatic heterocycles. The molecule has 1 aromatic heterocycles. The maximum absolute atomic E-state index is 12.2. The SMILES string of the molecule is Cc1nc(N)sc1S(=O)(=O)NCC1(C)CCCS1. The Balaban J connectivity index is 2.10. The molecule has 1 atom stereocenters. The van der Waals surface area contributed by atoms with Crippen molar-refractivity contribution >= 4 is 38.3 Å². The minimum absolute atomic E-state index is 0.0111. The van der Waals surface area contributed by atoms with E-state index in [0.29, 0.717) is 12.2 Å². The number of thioether (sulfide) groups is 1. The van der Waals surface area contributed by atoms with Gasteiger partial charge in [0.25, 0.3) is 10.0 Å². The highest BCUT2D eigenvalue weighted by molar-refractivity contribution is 8.01. The third-order valence-corrected chi connectivity index (χ3v) is 7.49. The van der Waals surface area contributed by atoms with Gasteiger partial charge < -0.3 is 5.73 Å². The summed E-state index contributed by atoms with van der Waals surface area (Å²) in [6, 6.07) is 0. The average molecular weight is 307 g/mol. The van der Waals surface area contributed by atoms with Crippen molar-refractivity contribution < 1.29 is 8.42 Å². The molecule has 1 fully saturated rings. The topological polar surface area (TPSA) is 85.1 Å². The van der Waals surface area contributed by atoms with E-state index < -0.39 is 10.0 Å². The molecular formula is C10H17N3O2S3. The molecule has 0 aromatic carbocycles. The Labute approximate surface area is 116 Å². The Hall–Kier alpha value is -0.310. The number of rotatable bonds is 4. The van der Waals surface area contributed by atoms with E-state index in [-0.39, 0.29) is 14.1 Å². The summed E-state index contributed by atoms with van der Waals surface area (Å²) in [7, 11) is -3.48. The van der Waals surface area contributed by atoms with Crippen molar-refractivity contribution in [1.29, 1.82) is 0 Å². The van der Waals surface area contributed by atoms with Crippen molar-refractivity contribution in [3.63, 3.8) is 0 Å². The molecule has 0 spiro atoms. The van der Waals surface area contributed by atoms with Gasteiger partial charge in [-0.25, -0.2) is 18.1 Å². The molecule has 0 bridgehead atoms. The van der Waals surface area contributed by atoms with E-state index in [1.807, 2.05) is 11.8 Å². The first-order chi connectivity index (χ1) is 8.32. The highest BCUT2D eigenvalue weighted by Gasteiger charge is 2.32. The summed E-state index contributed by atoms with van der Waals surface area (Å²) in [6.07, 6.45) is 2.19. The van der Waals surface area contributed by atoms with E-state index in [0.717, 1.165) is 29.9 Å². The van der Waals surface area contributed by atoms with Gasteiger partial charge in [-0.15, -0.1) is 0 Å². The number of aromatic nitrogens is 1. The molecule has 1 saturated heterocycles. The van der Waals surface area contributed by atoms with Gasteiger partial charge in [-0.05, 0) is 32.4 Å². The molecule has 8 heteroatoms. The third kappa shape index (κ3) is 2.98. The van der Waals surface area contributed by atoms with Crippen LogP contribution < -0.4 is 10.5 Å². The Morgan fingerprint density at radius 1 is 1.56 bits per heavy atom. The van der Waals surface area contributed by atoms with Gasteiger partial charge in [0.15, 0.2) is 9.34 Å². The van der Waals surface area contributed by atoms with Gasteiger partial charge in [-0.1, -0.05) is 11.3 Å². The van der Waals surface area contributed by atoms with E-state index in [2.05, 4.69) is 16.6 Å². The van der Waals surface area contributed by atoms with Crippen molar-refractivity contribution in [2.75, 3.05) is 18.0 Å². The van der Waals surface area contributed by atoms with Gasteiger partial charge >= 0.3 is 0 Å². The Kier molecular flexibility index (Phi) is 3.91. The molecule has 1 aliphatic rings. The summed E-state index contributed by atoms with van der Waals surface area (Å²) in [5, 5.41) is 0.286. The summed E-state index contributed by atoms with van der Waals surface area (Å²) in [5.74, 6) is 1.10. The largest absolute Gasteiger partial charge is 0.375 e. The zero-order valence-electron chi connectivity index (χ0n) is 10.4. The molecular weight excluding hydrogens is 290 g/mol. The standard InChI is InChI=1S/C10H17N3O2S3/c1-7-8(17-9(11)13-7)18(14,15)12-6-10(2)4-3-5-16-10/h12H,3-6H2,1-2H3,(H2,11,13). The highest BCUT2D eigenvalue weighted by Crippen LogP contribution is 2.37. The summed E-state index contributed by atoms with van der Waals surface area (Å²) < 4.78 is 27.2. The smallest absolute Gasteiger partial charge is 0.252 e.